The Hall–Kier alpha value is -0.680. The highest BCUT2D eigenvalue weighted by atomic mass is 79.9. The van der Waals surface area contributed by atoms with Crippen LogP contribution in [0.4, 0.5) is 4.79 Å². The smallest absolute Gasteiger partial charge is 0.325 e. The van der Waals surface area contributed by atoms with Crippen LogP contribution < -0.4 is 5.73 Å². The van der Waals surface area contributed by atoms with Gasteiger partial charge in [0.15, 0.2) is 0 Å². The highest BCUT2D eigenvalue weighted by Gasteiger charge is 2.38. The number of carbonyl (C=O) groups excluding carboxylic acids is 1. The minimum Gasteiger partial charge on any atom is -0.351 e. The van der Waals surface area contributed by atoms with Crippen LogP contribution in [0.3, 0.4) is 0 Å². The van der Waals surface area contributed by atoms with Crippen LogP contribution in [0, 0.1) is 5.92 Å². The molecule has 1 aromatic carbocycles. The quantitative estimate of drug-likeness (QED) is 0.781. The topological polar surface area (TPSA) is 46.3 Å². The Kier molecular flexibility index (Phi) is 5.16. The SMILES string of the molecule is CCCSN(C(N)=O)C(c1ccc(Br)cc1)C1CC1. The molecule has 104 valence electrons. The lowest BCUT2D eigenvalue weighted by atomic mass is 10.0. The molecule has 19 heavy (non-hydrogen) atoms. The number of primary amides is 1. The molecule has 1 atom stereocenters. The molecule has 0 radical (unpaired) electrons. The molecular formula is C14H19BrN2OS. The molecule has 0 heterocycles. The molecule has 0 bridgehead atoms. The van der Waals surface area contributed by atoms with E-state index in [4.69, 9.17) is 5.73 Å². The molecule has 0 spiro atoms. The highest BCUT2D eigenvalue weighted by Crippen LogP contribution is 2.46. The summed E-state index contributed by atoms with van der Waals surface area (Å²) in [5, 5.41) is 0. The van der Waals surface area contributed by atoms with Gasteiger partial charge in [-0.1, -0.05) is 35.0 Å². The monoisotopic (exact) mass is 342 g/mol. The summed E-state index contributed by atoms with van der Waals surface area (Å²) < 4.78 is 2.82. The predicted molar refractivity (Wildman–Crippen MR) is 83.8 cm³/mol. The minimum atomic E-state index is -0.335. The Labute approximate surface area is 127 Å². The van der Waals surface area contributed by atoms with Crippen molar-refractivity contribution in [1.29, 1.82) is 0 Å². The Balaban J connectivity index is 2.21. The second-order valence-electron chi connectivity index (χ2n) is 4.83. The average molecular weight is 343 g/mol. The van der Waals surface area contributed by atoms with E-state index in [2.05, 4.69) is 35.0 Å². The molecule has 0 saturated heterocycles. The summed E-state index contributed by atoms with van der Waals surface area (Å²) in [4.78, 5) is 11.7. The van der Waals surface area contributed by atoms with E-state index in [0.29, 0.717) is 5.92 Å². The van der Waals surface area contributed by atoms with E-state index in [0.717, 1.165) is 16.6 Å². The van der Waals surface area contributed by atoms with E-state index >= 15 is 0 Å². The fourth-order valence-corrected chi connectivity index (χ4v) is 3.37. The van der Waals surface area contributed by atoms with Crippen LogP contribution in [0.5, 0.6) is 0 Å². The number of carbonyl (C=O) groups is 1. The first-order chi connectivity index (χ1) is 9.13. The third kappa shape index (κ3) is 3.89. The van der Waals surface area contributed by atoms with Gasteiger partial charge in [0.25, 0.3) is 0 Å². The van der Waals surface area contributed by atoms with Gasteiger partial charge in [0.1, 0.15) is 0 Å². The zero-order valence-corrected chi connectivity index (χ0v) is 13.4. The van der Waals surface area contributed by atoms with E-state index in [1.54, 1.807) is 16.3 Å². The van der Waals surface area contributed by atoms with Gasteiger partial charge in [0.2, 0.25) is 0 Å². The van der Waals surface area contributed by atoms with Gasteiger partial charge in [-0.2, -0.15) is 0 Å². The molecule has 0 aromatic heterocycles. The average Bonchev–Trinajstić information content (AvgIpc) is 3.20. The van der Waals surface area contributed by atoms with Crippen molar-refractivity contribution in [3.05, 3.63) is 34.3 Å². The van der Waals surface area contributed by atoms with Crippen LogP contribution >= 0.6 is 27.9 Å². The third-order valence-electron chi connectivity index (χ3n) is 3.18. The fraction of sp³-hybridized carbons (Fsp3) is 0.500. The maximum absolute atomic E-state index is 11.7. The molecule has 1 aromatic rings. The van der Waals surface area contributed by atoms with Gasteiger partial charge < -0.3 is 5.73 Å². The maximum Gasteiger partial charge on any atom is 0.325 e. The van der Waals surface area contributed by atoms with Gasteiger partial charge in [-0.25, -0.2) is 4.79 Å². The third-order valence-corrected chi connectivity index (χ3v) is 4.99. The number of nitrogens with zero attached hydrogens (tertiary/aromatic N) is 1. The fourth-order valence-electron chi connectivity index (χ4n) is 2.14. The van der Waals surface area contributed by atoms with E-state index in [-0.39, 0.29) is 12.1 Å². The van der Waals surface area contributed by atoms with Crippen LogP contribution in [-0.2, 0) is 0 Å². The summed E-state index contributed by atoms with van der Waals surface area (Å²) in [6.07, 6.45) is 3.39. The molecule has 1 aliphatic rings. The number of nitrogens with two attached hydrogens (primary N) is 1. The summed E-state index contributed by atoms with van der Waals surface area (Å²) in [7, 11) is 0. The van der Waals surface area contributed by atoms with Crippen molar-refractivity contribution in [3.8, 4) is 0 Å². The van der Waals surface area contributed by atoms with Crippen molar-refractivity contribution in [2.75, 3.05) is 5.75 Å². The van der Waals surface area contributed by atoms with Crippen molar-refractivity contribution in [2.45, 2.75) is 32.2 Å². The lowest BCUT2D eigenvalue weighted by Crippen LogP contribution is -2.35. The molecule has 1 aliphatic carbocycles. The molecule has 2 rings (SSSR count). The number of amides is 2. The van der Waals surface area contributed by atoms with Gasteiger partial charge in [0, 0.05) is 10.2 Å². The molecule has 0 aliphatic heterocycles. The molecule has 1 fully saturated rings. The first kappa shape index (κ1) is 14.7. The van der Waals surface area contributed by atoms with E-state index in [1.807, 2.05) is 12.1 Å². The first-order valence-corrected chi connectivity index (χ1v) is 8.34. The summed E-state index contributed by atoms with van der Waals surface area (Å²) in [6.45, 7) is 2.11. The minimum absolute atomic E-state index is 0.113. The van der Waals surface area contributed by atoms with Crippen molar-refractivity contribution < 1.29 is 4.79 Å². The Morgan fingerprint density at radius 3 is 2.58 bits per heavy atom. The molecular weight excluding hydrogens is 324 g/mol. The standard InChI is InChI=1S/C14H19BrN2OS/c1-2-9-19-17(14(16)18)13(10-3-4-10)11-5-7-12(15)8-6-11/h5-8,10,13H,2-4,9H2,1H3,(H2,16,18). The zero-order chi connectivity index (χ0) is 13.8. The van der Waals surface area contributed by atoms with Crippen molar-refractivity contribution in [2.24, 2.45) is 11.7 Å². The first-order valence-electron chi connectivity index (χ1n) is 6.60. The van der Waals surface area contributed by atoms with Crippen molar-refractivity contribution in [1.82, 2.24) is 4.31 Å². The molecule has 5 heteroatoms. The highest BCUT2D eigenvalue weighted by molar-refractivity contribution is 9.10. The number of urea groups is 1. The normalized spacial score (nSPS) is 16.1. The zero-order valence-electron chi connectivity index (χ0n) is 11.0. The second kappa shape index (κ2) is 6.66. The Morgan fingerprint density at radius 2 is 2.11 bits per heavy atom. The molecule has 2 N–H and O–H groups in total. The van der Waals surface area contributed by atoms with Crippen LogP contribution in [0.1, 0.15) is 37.8 Å². The number of halogens is 1. The summed E-state index contributed by atoms with van der Waals surface area (Å²) in [6, 6.07) is 7.98. The summed E-state index contributed by atoms with van der Waals surface area (Å²) >= 11 is 5.00. The van der Waals surface area contributed by atoms with E-state index < -0.39 is 0 Å². The van der Waals surface area contributed by atoms with Gasteiger partial charge in [-0.3, -0.25) is 4.31 Å². The predicted octanol–water partition coefficient (Wildman–Crippen LogP) is 4.34. The number of benzene rings is 1. The molecule has 2 amide bonds. The van der Waals surface area contributed by atoms with Gasteiger partial charge in [0.05, 0.1) is 6.04 Å². The largest absolute Gasteiger partial charge is 0.351 e. The van der Waals surface area contributed by atoms with Crippen molar-refractivity contribution in [3.63, 3.8) is 0 Å². The Bertz CT molecular complexity index is 434. The maximum atomic E-state index is 11.7. The lowest BCUT2D eigenvalue weighted by Gasteiger charge is -2.29. The lowest BCUT2D eigenvalue weighted by molar-refractivity contribution is 0.221. The van der Waals surface area contributed by atoms with Crippen LogP contribution in [0.25, 0.3) is 0 Å². The van der Waals surface area contributed by atoms with Gasteiger partial charge in [-0.15, -0.1) is 0 Å². The summed E-state index contributed by atoms with van der Waals surface area (Å²) in [5.74, 6) is 1.47. The van der Waals surface area contributed by atoms with Crippen LogP contribution in [0.15, 0.2) is 28.7 Å². The van der Waals surface area contributed by atoms with Crippen LogP contribution in [-0.4, -0.2) is 16.1 Å². The van der Waals surface area contributed by atoms with Crippen molar-refractivity contribution >= 4 is 33.9 Å². The molecule has 3 nitrogen and oxygen atoms in total. The molecule has 1 unspecified atom stereocenters. The van der Waals surface area contributed by atoms with Gasteiger partial charge >= 0.3 is 6.03 Å². The number of hydrogen-bond acceptors (Lipinski definition) is 2. The number of hydrogen-bond donors (Lipinski definition) is 1. The Morgan fingerprint density at radius 1 is 1.47 bits per heavy atom. The van der Waals surface area contributed by atoms with Gasteiger partial charge in [-0.05, 0) is 54.8 Å². The summed E-state index contributed by atoms with van der Waals surface area (Å²) in [5.41, 5.74) is 6.74. The number of rotatable bonds is 6. The second-order valence-corrected chi connectivity index (χ2v) is 6.81. The van der Waals surface area contributed by atoms with E-state index in [1.165, 1.54) is 18.4 Å². The van der Waals surface area contributed by atoms with E-state index in [9.17, 15) is 4.79 Å². The molecule has 1 saturated carbocycles. The van der Waals surface area contributed by atoms with Crippen LogP contribution in [0.2, 0.25) is 0 Å².